The molecule has 0 aliphatic carbocycles. The van der Waals surface area contributed by atoms with E-state index in [4.69, 9.17) is 3.07 Å². The Kier molecular flexibility index (Phi) is 3.85. The van der Waals surface area contributed by atoms with Crippen LogP contribution in [0.5, 0.6) is 0 Å². The first-order chi connectivity index (χ1) is 5.36. The van der Waals surface area contributed by atoms with Crippen molar-refractivity contribution < 1.29 is 3.07 Å². The van der Waals surface area contributed by atoms with Crippen LogP contribution in [0.1, 0.15) is 19.0 Å². The van der Waals surface area contributed by atoms with Crippen molar-refractivity contribution in [2.24, 2.45) is 0 Å². The third kappa shape index (κ3) is 2.78. The maximum atomic E-state index is 4.91. The lowest BCUT2D eigenvalue weighted by Crippen LogP contribution is -1.97. The Morgan fingerprint density at radius 3 is 3.18 bits per heavy atom. The highest BCUT2D eigenvalue weighted by molar-refractivity contribution is 14.1. The predicted molar refractivity (Wildman–Crippen MR) is 51.3 cm³/mol. The summed E-state index contributed by atoms with van der Waals surface area (Å²) in [6.07, 6.45) is 3.10. The molecule has 3 nitrogen and oxygen atoms in total. The molecule has 0 radical (unpaired) electrons. The average molecular weight is 266 g/mol. The largest absolute Gasteiger partial charge is 0.309 e. The normalized spacial score (nSPS) is 10.4. The Morgan fingerprint density at radius 1 is 1.73 bits per heavy atom. The van der Waals surface area contributed by atoms with Gasteiger partial charge in [0.25, 0.3) is 0 Å². The summed E-state index contributed by atoms with van der Waals surface area (Å²) in [6, 6.07) is 1.98. The third-order valence-corrected chi connectivity index (χ3v) is 1.66. The molecule has 0 amide bonds. The molecule has 4 heteroatoms. The molecule has 0 bridgehead atoms. The maximum Gasteiger partial charge on any atom is 0.110 e. The van der Waals surface area contributed by atoms with Crippen molar-refractivity contribution in [1.82, 2.24) is 9.78 Å². The zero-order chi connectivity index (χ0) is 8.10. The van der Waals surface area contributed by atoms with E-state index < -0.39 is 0 Å². The van der Waals surface area contributed by atoms with E-state index in [9.17, 15) is 0 Å². The van der Waals surface area contributed by atoms with Crippen LogP contribution in [0.25, 0.3) is 0 Å². The van der Waals surface area contributed by atoms with E-state index in [1.54, 1.807) is 0 Å². The fourth-order valence-electron chi connectivity index (χ4n) is 0.890. The van der Waals surface area contributed by atoms with Crippen LogP contribution in [0.2, 0.25) is 0 Å². The fourth-order valence-corrected chi connectivity index (χ4v) is 1.21. The fraction of sp³-hybridized carbons (Fsp3) is 0.571. The number of aromatic nitrogens is 2. The van der Waals surface area contributed by atoms with Gasteiger partial charge in [0.15, 0.2) is 0 Å². The monoisotopic (exact) mass is 266 g/mol. The highest BCUT2D eigenvalue weighted by Crippen LogP contribution is 2.01. The summed E-state index contributed by atoms with van der Waals surface area (Å²) in [5.74, 6) is 0. The maximum absolute atomic E-state index is 4.91. The summed E-state index contributed by atoms with van der Waals surface area (Å²) in [7, 11) is 0. The van der Waals surface area contributed by atoms with Gasteiger partial charge in [-0.05, 0) is 12.5 Å². The molecule has 0 unspecified atom stereocenters. The van der Waals surface area contributed by atoms with Crippen molar-refractivity contribution in [3.05, 3.63) is 18.0 Å². The first-order valence-corrected chi connectivity index (χ1v) is 4.50. The zero-order valence-electron chi connectivity index (χ0n) is 6.46. The quantitative estimate of drug-likeness (QED) is 0.781. The Bertz CT molecular complexity index is 191. The van der Waals surface area contributed by atoms with Crippen molar-refractivity contribution in [2.75, 3.05) is 0 Å². The molecular weight excluding hydrogens is 255 g/mol. The first-order valence-electron chi connectivity index (χ1n) is 3.62. The smallest absolute Gasteiger partial charge is 0.110 e. The summed E-state index contributed by atoms with van der Waals surface area (Å²) in [4.78, 5) is 0. The zero-order valence-corrected chi connectivity index (χ0v) is 8.61. The van der Waals surface area contributed by atoms with Gasteiger partial charge in [0.2, 0.25) is 0 Å². The van der Waals surface area contributed by atoms with E-state index >= 15 is 0 Å². The van der Waals surface area contributed by atoms with Crippen molar-refractivity contribution >= 4 is 23.0 Å². The van der Waals surface area contributed by atoms with Crippen LogP contribution >= 0.6 is 23.0 Å². The first kappa shape index (κ1) is 8.99. The van der Waals surface area contributed by atoms with E-state index in [0.717, 1.165) is 18.7 Å². The number of aryl methyl sites for hydroxylation is 1. The molecule has 0 aromatic carbocycles. The second-order valence-electron chi connectivity index (χ2n) is 2.32. The minimum atomic E-state index is 0.595. The summed E-state index contributed by atoms with van der Waals surface area (Å²) in [5.41, 5.74) is 0.993. The minimum Gasteiger partial charge on any atom is -0.309 e. The molecule has 0 N–H and O–H groups in total. The number of rotatable bonds is 4. The van der Waals surface area contributed by atoms with E-state index in [0.29, 0.717) is 6.61 Å². The van der Waals surface area contributed by atoms with E-state index in [2.05, 4.69) is 12.0 Å². The van der Waals surface area contributed by atoms with Gasteiger partial charge in [-0.25, -0.2) is 0 Å². The highest BCUT2D eigenvalue weighted by atomic mass is 127. The Balaban J connectivity index is 2.51. The Hall–Kier alpha value is -0.100. The lowest BCUT2D eigenvalue weighted by molar-refractivity contribution is 0.405. The predicted octanol–water partition coefficient (Wildman–Crippen LogP) is 2.16. The molecule has 1 aromatic rings. The van der Waals surface area contributed by atoms with Gasteiger partial charge in [0.1, 0.15) is 29.6 Å². The van der Waals surface area contributed by atoms with Gasteiger partial charge >= 0.3 is 0 Å². The molecule has 0 atom stereocenters. The van der Waals surface area contributed by atoms with Crippen LogP contribution < -0.4 is 0 Å². The van der Waals surface area contributed by atoms with Crippen LogP contribution in [-0.4, -0.2) is 9.78 Å². The van der Waals surface area contributed by atoms with Crippen LogP contribution in [0, 0.1) is 0 Å². The third-order valence-electron chi connectivity index (χ3n) is 1.35. The molecule has 0 aliphatic heterocycles. The topological polar surface area (TPSA) is 27.1 Å². The van der Waals surface area contributed by atoms with Gasteiger partial charge in [0, 0.05) is 12.7 Å². The van der Waals surface area contributed by atoms with Gasteiger partial charge in [0.05, 0.1) is 5.69 Å². The van der Waals surface area contributed by atoms with Crippen LogP contribution in [-0.2, 0) is 16.2 Å². The number of halogens is 1. The molecular formula is C7H11IN2O. The molecule has 0 aliphatic rings. The van der Waals surface area contributed by atoms with Crippen molar-refractivity contribution in [3.63, 3.8) is 0 Å². The van der Waals surface area contributed by atoms with Gasteiger partial charge < -0.3 is 3.07 Å². The number of hydrogen-bond donors (Lipinski definition) is 0. The molecule has 0 spiro atoms. The summed E-state index contributed by atoms with van der Waals surface area (Å²) >= 11 is 1.87. The van der Waals surface area contributed by atoms with Crippen molar-refractivity contribution in [1.29, 1.82) is 0 Å². The van der Waals surface area contributed by atoms with Crippen LogP contribution in [0.15, 0.2) is 12.3 Å². The summed E-state index contributed by atoms with van der Waals surface area (Å²) < 4.78 is 6.85. The summed E-state index contributed by atoms with van der Waals surface area (Å²) in [6.45, 7) is 3.72. The molecule has 11 heavy (non-hydrogen) atoms. The molecule has 0 fully saturated rings. The molecule has 0 saturated heterocycles. The average Bonchev–Trinajstić information content (AvgIpc) is 2.38. The molecule has 1 aromatic heterocycles. The van der Waals surface area contributed by atoms with Gasteiger partial charge in [-0.3, -0.25) is 4.68 Å². The second kappa shape index (κ2) is 4.71. The van der Waals surface area contributed by atoms with Gasteiger partial charge in [-0.2, -0.15) is 5.10 Å². The molecule has 1 heterocycles. The minimum absolute atomic E-state index is 0.595. The Labute approximate surface area is 80.4 Å². The van der Waals surface area contributed by atoms with Crippen LogP contribution in [0.4, 0.5) is 0 Å². The van der Waals surface area contributed by atoms with Crippen molar-refractivity contribution in [2.45, 2.75) is 26.5 Å². The number of nitrogens with zero attached hydrogens (tertiary/aromatic N) is 2. The lowest BCUT2D eigenvalue weighted by Gasteiger charge is -1.95. The SMILES string of the molecule is CCCn1ccc(COI)n1. The second-order valence-corrected chi connectivity index (χ2v) is 2.95. The lowest BCUT2D eigenvalue weighted by atomic mass is 10.5. The van der Waals surface area contributed by atoms with Gasteiger partial charge in [-0.1, -0.05) is 6.92 Å². The van der Waals surface area contributed by atoms with Crippen molar-refractivity contribution in [3.8, 4) is 0 Å². The summed E-state index contributed by atoms with van der Waals surface area (Å²) in [5, 5.41) is 4.28. The molecule has 0 saturated carbocycles. The van der Waals surface area contributed by atoms with E-state index in [-0.39, 0.29) is 0 Å². The standard InChI is InChI=1S/C7H11IN2O/c1-2-4-10-5-3-7(9-10)6-11-8/h3,5H,2,4,6H2,1H3. The van der Waals surface area contributed by atoms with Gasteiger partial charge in [-0.15, -0.1) is 0 Å². The van der Waals surface area contributed by atoms with E-state index in [1.165, 1.54) is 0 Å². The Morgan fingerprint density at radius 2 is 2.55 bits per heavy atom. The molecule has 62 valence electrons. The molecule has 1 rings (SSSR count). The van der Waals surface area contributed by atoms with Crippen LogP contribution in [0.3, 0.4) is 0 Å². The van der Waals surface area contributed by atoms with E-state index in [1.807, 2.05) is 40.0 Å². The highest BCUT2D eigenvalue weighted by Gasteiger charge is 1.96. The number of hydrogen-bond acceptors (Lipinski definition) is 2.